The van der Waals surface area contributed by atoms with E-state index in [2.05, 4.69) is 12.1 Å². The molecule has 0 fully saturated rings. The Bertz CT molecular complexity index is 928. The summed E-state index contributed by atoms with van der Waals surface area (Å²) in [6, 6.07) is 22.9. The van der Waals surface area contributed by atoms with Crippen molar-refractivity contribution in [2.45, 2.75) is 6.61 Å². The summed E-state index contributed by atoms with van der Waals surface area (Å²) in [4.78, 5) is 11.9. The van der Waals surface area contributed by atoms with Crippen molar-refractivity contribution in [1.82, 2.24) is 0 Å². The molecule has 0 aliphatic rings. The molecular formula is C23H20O4. The van der Waals surface area contributed by atoms with Gasteiger partial charge in [0.25, 0.3) is 0 Å². The van der Waals surface area contributed by atoms with E-state index in [0.29, 0.717) is 5.75 Å². The lowest BCUT2D eigenvalue weighted by molar-refractivity contribution is -0.138. The first kappa shape index (κ1) is 18.3. The first-order chi connectivity index (χ1) is 13.2. The second-order valence-corrected chi connectivity index (χ2v) is 5.94. The topological polar surface area (TPSA) is 55.8 Å². The van der Waals surface area contributed by atoms with Crippen LogP contribution >= 0.6 is 0 Å². The molecule has 0 saturated heterocycles. The van der Waals surface area contributed by atoms with E-state index in [4.69, 9.17) is 9.47 Å². The van der Waals surface area contributed by atoms with Gasteiger partial charge in [0.15, 0.2) is 11.5 Å². The predicted molar refractivity (Wildman–Crippen MR) is 105 cm³/mol. The van der Waals surface area contributed by atoms with Gasteiger partial charge in [-0.15, -0.1) is 0 Å². The van der Waals surface area contributed by atoms with E-state index < -0.39 is 5.97 Å². The monoisotopic (exact) mass is 360 g/mol. The van der Waals surface area contributed by atoms with Gasteiger partial charge in [-0.1, -0.05) is 60.7 Å². The summed E-state index contributed by atoms with van der Waals surface area (Å²) >= 11 is 0. The smallest absolute Gasteiger partial charge is 0.331 e. The van der Waals surface area contributed by atoms with Crippen molar-refractivity contribution < 1.29 is 19.4 Å². The molecule has 0 bridgehead atoms. The van der Waals surface area contributed by atoms with Gasteiger partial charge in [0.05, 0.1) is 7.11 Å². The van der Waals surface area contributed by atoms with Gasteiger partial charge in [0.2, 0.25) is 0 Å². The number of carbonyl (C=O) groups is 1. The van der Waals surface area contributed by atoms with Crippen molar-refractivity contribution in [1.29, 1.82) is 0 Å². The van der Waals surface area contributed by atoms with Crippen LogP contribution in [0.5, 0.6) is 11.5 Å². The van der Waals surface area contributed by atoms with Crippen molar-refractivity contribution >= 4 is 12.0 Å². The SMILES string of the molecule is COc1cc(/C=C/C(=O)OCc2ccc(-c3ccccc3)cc2)ccc1O. The van der Waals surface area contributed by atoms with Crippen LogP contribution in [-0.4, -0.2) is 18.2 Å². The van der Waals surface area contributed by atoms with Crippen molar-refractivity contribution in [2.24, 2.45) is 0 Å². The molecule has 0 atom stereocenters. The maximum absolute atomic E-state index is 11.9. The van der Waals surface area contributed by atoms with E-state index in [0.717, 1.165) is 22.3 Å². The summed E-state index contributed by atoms with van der Waals surface area (Å²) in [7, 11) is 1.47. The quantitative estimate of drug-likeness (QED) is 0.506. The highest BCUT2D eigenvalue weighted by Crippen LogP contribution is 2.26. The summed E-state index contributed by atoms with van der Waals surface area (Å²) in [5.41, 5.74) is 3.91. The maximum Gasteiger partial charge on any atom is 0.331 e. The van der Waals surface area contributed by atoms with Crippen LogP contribution in [0.2, 0.25) is 0 Å². The minimum Gasteiger partial charge on any atom is -0.504 e. The second kappa shape index (κ2) is 8.72. The lowest BCUT2D eigenvalue weighted by Gasteiger charge is -2.05. The average Bonchev–Trinajstić information content (AvgIpc) is 2.72. The fraction of sp³-hybridized carbons (Fsp3) is 0.0870. The molecule has 0 heterocycles. The van der Waals surface area contributed by atoms with Crippen LogP contribution in [0.15, 0.2) is 78.9 Å². The van der Waals surface area contributed by atoms with Crippen LogP contribution in [0.3, 0.4) is 0 Å². The van der Waals surface area contributed by atoms with Crippen LogP contribution < -0.4 is 4.74 Å². The minimum absolute atomic E-state index is 0.0520. The van der Waals surface area contributed by atoms with Crippen LogP contribution in [0.4, 0.5) is 0 Å². The van der Waals surface area contributed by atoms with Crippen molar-refractivity contribution in [3.05, 3.63) is 90.0 Å². The Kier molecular flexibility index (Phi) is 5.90. The number of phenolic OH excluding ortho intramolecular Hbond substituents is 1. The Balaban J connectivity index is 1.56. The van der Waals surface area contributed by atoms with Gasteiger partial charge in [-0.25, -0.2) is 4.79 Å². The Morgan fingerprint density at radius 3 is 2.37 bits per heavy atom. The van der Waals surface area contributed by atoms with E-state index in [1.165, 1.54) is 19.3 Å². The maximum atomic E-state index is 11.9. The van der Waals surface area contributed by atoms with Gasteiger partial charge >= 0.3 is 5.97 Å². The van der Waals surface area contributed by atoms with E-state index in [1.54, 1.807) is 18.2 Å². The molecule has 3 aromatic rings. The molecule has 0 aliphatic carbocycles. The second-order valence-electron chi connectivity index (χ2n) is 5.94. The standard InChI is InChI=1S/C23H20O4/c1-26-22-15-17(9-13-21(22)24)10-14-23(25)27-16-18-7-11-20(12-8-18)19-5-3-2-4-6-19/h2-15,24H,16H2,1H3/b14-10+. The molecule has 0 spiro atoms. The number of hydrogen-bond donors (Lipinski definition) is 1. The highest BCUT2D eigenvalue weighted by molar-refractivity contribution is 5.87. The Hall–Kier alpha value is -3.53. The highest BCUT2D eigenvalue weighted by atomic mass is 16.5. The molecule has 0 radical (unpaired) electrons. The van der Waals surface area contributed by atoms with E-state index >= 15 is 0 Å². The number of aromatic hydroxyl groups is 1. The van der Waals surface area contributed by atoms with Gasteiger partial charge in [-0.2, -0.15) is 0 Å². The summed E-state index contributed by atoms with van der Waals surface area (Å²) in [6.07, 6.45) is 2.97. The molecule has 4 heteroatoms. The van der Waals surface area contributed by atoms with Crippen molar-refractivity contribution in [3.63, 3.8) is 0 Å². The zero-order valence-electron chi connectivity index (χ0n) is 15.0. The molecule has 4 nitrogen and oxygen atoms in total. The summed E-state index contributed by atoms with van der Waals surface area (Å²) in [5.74, 6) is -0.0330. The molecule has 0 aliphatic heterocycles. The Morgan fingerprint density at radius 2 is 1.67 bits per heavy atom. The molecule has 1 N–H and O–H groups in total. The van der Waals surface area contributed by atoms with E-state index in [1.807, 2.05) is 42.5 Å². The molecule has 0 amide bonds. The molecule has 0 saturated carbocycles. The third-order valence-corrected chi connectivity index (χ3v) is 4.06. The van der Waals surface area contributed by atoms with Crippen LogP contribution in [-0.2, 0) is 16.1 Å². The normalized spacial score (nSPS) is 10.7. The molecule has 3 rings (SSSR count). The molecular weight excluding hydrogens is 340 g/mol. The number of methoxy groups -OCH3 is 1. The van der Waals surface area contributed by atoms with Gasteiger partial charge in [-0.05, 0) is 40.5 Å². The average molecular weight is 360 g/mol. The minimum atomic E-state index is -0.436. The zero-order valence-corrected chi connectivity index (χ0v) is 15.0. The largest absolute Gasteiger partial charge is 0.504 e. The van der Waals surface area contributed by atoms with Gasteiger partial charge in [0.1, 0.15) is 6.61 Å². The van der Waals surface area contributed by atoms with E-state index in [9.17, 15) is 9.90 Å². The molecule has 27 heavy (non-hydrogen) atoms. The molecule has 0 unspecified atom stereocenters. The molecule has 136 valence electrons. The third-order valence-electron chi connectivity index (χ3n) is 4.06. The molecule has 3 aromatic carbocycles. The van der Waals surface area contributed by atoms with Gasteiger partial charge < -0.3 is 14.6 Å². The molecule has 0 aromatic heterocycles. The number of hydrogen-bond acceptors (Lipinski definition) is 4. The van der Waals surface area contributed by atoms with Gasteiger partial charge in [0, 0.05) is 6.08 Å². The predicted octanol–water partition coefficient (Wildman–Crippen LogP) is 4.82. The number of phenols is 1. The number of benzene rings is 3. The van der Waals surface area contributed by atoms with Crippen LogP contribution in [0, 0.1) is 0 Å². The lowest BCUT2D eigenvalue weighted by Crippen LogP contribution is -2.00. The summed E-state index contributed by atoms with van der Waals surface area (Å²) < 4.78 is 10.3. The first-order valence-electron chi connectivity index (χ1n) is 8.52. The fourth-order valence-corrected chi connectivity index (χ4v) is 2.59. The highest BCUT2D eigenvalue weighted by Gasteiger charge is 2.03. The fourth-order valence-electron chi connectivity index (χ4n) is 2.59. The lowest BCUT2D eigenvalue weighted by atomic mass is 10.0. The third kappa shape index (κ3) is 4.98. The zero-order chi connectivity index (χ0) is 19.1. The number of rotatable bonds is 6. The van der Waals surface area contributed by atoms with Crippen LogP contribution in [0.1, 0.15) is 11.1 Å². The van der Waals surface area contributed by atoms with Crippen molar-refractivity contribution in [3.8, 4) is 22.6 Å². The first-order valence-corrected chi connectivity index (χ1v) is 8.52. The number of ether oxygens (including phenoxy) is 2. The number of esters is 1. The van der Waals surface area contributed by atoms with Crippen molar-refractivity contribution in [2.75, 3.05) is 7.11 Å². The number of carbonyl (C=O) groups excluding carboxylic acids is 1. The Labute approximate surface area is 158 Å². The Morgan fingerprint density at radius 1 is 0.963 bits per heavy atom. The van der Waals surface area contributed by atoms with Gasteiger partial charge in [-0.3, -0.25) is 0 Å². The summed E-state index contributed by atoms with van der Waals surface area (Å²) in [5, 5.41) is 9.57. The van der Waals surface area contributed by atoms with E-state index in [-0.39, 0.29) is 12.4 Å². The van der Waals surface area contributed by atoms with Crippen LogP contribution in [0.25, 0.3) is 17.2 Å². The summed E-state index contributed by atoms with van der Waals surface area (Å²) in [6.45, 7) is 0.205.